The topological polar surface area (TPSA) is 21.3 Å². The van der Waals surface area contributed by atoms with Gasteiger partial charge >= 0.3 is 0 Å². The Morgan fingerprint density at radius 1 is 1.26 bits per heavy atom. The zero-order valence-electron chi connectivity index (χ0n) is 11.7. The van der Waals surface area contributed by atoms with Crippen LogP contribution in [0.15, 0.2) is 28.7 Å². The van der Waals surface area contributed by atoms with Crippen molar-refractivity contribution in [3.05, 3.63) is 34.3 Å². The lowest BCUT2D eigenvalue weighted by Gasteiger charge is -2.24. The summed E-state index contributed by atoms with van der Waals surface area (Å²) in [5.74, 6) is 1.49. The first-order valence-electron chi connectivity index (χ1n) is 7.26. The SMILES string of the molecule is COCCNCC(c1ccc(Br)cc1)C1CCCC1. The van der Waals surface area contributed by atoms with Crippen molar-refractivity contribution in [3.8, 4) is 0 Å². The van der Waals surface area contributed by atoms with Crippen LogP contribution in [0, 0.1) is 5.92 Å². The van der Waals surface area contributed by atoms with E-state index in [1.807, 2.05) is 0 Å². The van der Waals surface area contributed by atoms with Gasteiger partial charge in [-0.05, 0) is 42.4 Å². The highest BCUT2D eigenvalue weighted by molar-refractivity contribution is 9.10. The minimum absolute atomic E-state index is 0.646. The number of halogens is 1. The van der Waals surface area contributed by atoms with Crippen molar-refractivity contribution in [1.82, 2.24) is 5.32 Å². The van der Waals surface area contributed by atoms with Gasteiger partial charge in [0.05, 0.1) is 6.61 Å². The van der Waals surface area contributed by atoms with Gasteiger partial charge in [-0.15, -0.1) is 0 Å². The zero-order valence-corrected chi connectivity index (χ0v) is 13.3. The van der Waals surface area contributed by atoms with Crippen LogP contribution in [-0.2, 0) is 4.74 Å². The predicted molar refractivity (Wildman–Crippen MR) is 83.6 cm³/mol. The Bertz CT molecular complexity index is 360. The van der Waals surface area contributed by atoms with Gasteiger partial charge in [0.1, 0.15) is 0 Å². The molecule has 1 atom stereocenters. The average Bonchev–Trinajstić information content (AvgIpc) is 2.94. The Morgan fingerprint density at radius 2 is 1.95 bits per heavy atom. The molecule has 1 aliphatic carbocycles. The fraction of sp³-hybridized carbons (Fsp3) is 0.625. The summed E-state index contributed by atoms with van der Waals surface area (Å²) in [5, 5.41) is 3.54. The molecule has 0 aromatic heterocycles. The van der Waals surface area contributed by atoms with Gasteiger partial charge in [-0.1, -0.05) is 40.9 Å². The summed E-state index contributed by atoms with van der Waals surface area (Å²) >= 11 is 3.52. The summed E-state index contributed by atoms with van der Waals surface area (Å²) in [5.41, 5.74) is 1.47. The van der Waals surface area contributed by atoms with E-state index in [2.05, 4.69) is 45.5 Å². The molecule has 0 bridgehead atoms. The van der Waals surface area contributed by atoms with Crippen molar-refractivity contribution < 1.29 is 4.74 Å². The molecule has 2 nitrogen and oxygen atoms in total. The third-order valence-electron chi connectivity index (χ3n) is 4.11. The Hall–Kier alpha value is -0.380. The zero-order chi connectivity index (χ0) is 13.5. The molecule has 19 heavy (non-hydrogen) atoms. The molecule has 1 saturated carbocycles. The average molecular weight is 326 g/mol. The molecular formula is C16H24BrNO. The van der Waals surface area contributed by atoms with E-state index < -0.39 is 0 Å². The highest BCUT2D eigenvalue weighted by Gasteiger charge is 2.25. The first-order chi connectivity index (χ1) is 9.31. The van der Waals surface area contributed by atoms with Crippen molar-refractivity contribution in [2.45, 2.75) is 31.6 Å². The molecule has 2 rings (SSSR count). The van der Waals surface area contributed by atoms with Crippen molar-refractivity contribution in [2.75, 3.05) is 26.8 Å². The monoisotopic (exact) mass is 325 g/mol. The third kappa shape index (κ3) is 4.59. The number of ether oxygens (including phenoxy) is 1. The lowest BCUT2D eigenvalue weighted by molar-refractivity contribution is 0.198. The Morgan fingerprint density at radius 3 is 2.58 bits per heavy atom. The van der Waals surface area contributed by atoms with E-state index in [-0.39, 0.29) is 0 Å². The molecule has 0 saturated heterocycles. The summed E-state index contributed by atoms with van der Waals surface area (Å²) in [6.45, 7) is 2.80. The van der Waals surface area contributed by atoms with Gasteiger partial charge < -0.3 is 10.1 Å². The maximum atomic E-state index is 5.10. The number of hydrogen-bond donors (Lipinski definition) is 1. The first kappa shape index (κ1) is 15.0. The van der Waals surface area contributed by atoms with E-state index in [9.17, 15) is 0 Å². The summed E-state index contributed by atoms with van der Waals surface area (Å²) in [4.78, 5) is 0. The second-order valence-corrected chi connectivity index (χ2v) is 6.32. The van der Waals surface area contributed by atoms with Crippen LogP contribution in [0.4, 0.5) is 0 Å². The highest BCUT2D eigenvalue weighted by atomic mass is 79.9. The maximum absolute atomic E-state index is 5.10. The smallest absolute Gasteiger partial charge is 0.0587 e. The van der Waals surface area contributed by atoms with Crippen LogP contribution < -0.4 is 5.32 Å². The van der Waals surface area contributed by atoms with Crippen LogP contribution in [0.2, 0.25) is 0 Å². The van der Waals surface area contributed by atoms with E-state index in [0.29, 0.717) is 5.92 Å². The predicted octanol–water partition coefficient (Wildman–Crippen LogP) is 3.96. The molecule has 0 heterocycles. The molecule has 0 aliphatic heterocycles. The van der Waals surface area contributed by atoms with E-state index >= 15 is 0 Å². The van der Waals surface area contributed by atoms with Crippen LogP contribution in [0.25, 0.3) is 0 Å². The minimum atomic E-state index is 0.646. The van der Waals surface area contributed by atoms with Gasteiger partial charge in [0.15, 0.2) is 0 Å². The molecular weight excluding hydrogens is 302 g/mol. The van der Waals surface area contributed by atoms with E-state index in [0.717, 1.165) is 30.1 Å². The molecule has 1 N–H and O–H groups in total. The largest absolute Gasteiger partial charge is 0.383 e. The Balaban J connectivity index is 1.98. The molecule has 0 spiro atoms. The number of rotatable bonds is 7. The van der Waals surface area contributed by atoms with E-state index in [1.165, 1.54) is 31.2 Å². The van der Waals surface area contributed by atoms with Crippen molar-refractivity contribution in [3.63, 3.8) is 0 Å². The second kappa shape index (κ2) is 8.03. The lowest BCUT2D eigenvalue weighted by atomic mass is 9.85. The molecule has 1 aromatic rings. The van der Waals surface area contributed by atoms with Crippen LogP contribution in [0.1, 0.15) is 37.2 Å². The molecule has 1 aromatic carbocycles. The van der Waals surface area contributed by atoms with Gasteiger partial charge in [-0.3, -0.25) is 0 Å². The molecule has 0 amide bonds. The van der Waals surface area contributed by atoms with E-state index in [1.54, 1.807) is 7.11 Å². The van der Waals surface area contributed by atoms with Gasteiger partial charge in [0, 0.05) is 24.7 Å². The minimum Gasteiger partial charge on any atom is -0.383 e. The molecule has 0 radical (unpaired) electrons. The molecule has 1 fully saturated rings. The Kier molecular flexibility index (Phi) is 6.35. The fourth-order valence-electron chi connectivity index (χ4n) is 3.06. The van der Waals surface area contributed by atoms with Crippen molar-refractivity contribution in [2.24, 2.45) is 5.92 Å². The number of nitrogens with one attached hydrogen (secondary N) is 1. The van der Waals surface area contributed by atoms with Crippen molar-refractivity contribution >= 4 is 15.9 Å². The summed E-state index contributed by atoms with van der Waals surface area (Å²) < 4.78 is 6.26. The first-order valence-corrected chi connectivity index (χ1v) is 8.05. The summed E-state index contributed by atoms with van der Waals surface area (Å²) in [6.07, 6.45) is 5.56. The summed E-state index contributed by atoms with van der Waals surface area (Å²) in [6, 6.07) is 8.86. The molecule has 3 heteroatoms. The molecule has 106 valence electrons. The van der Waals surface area contributed by atoms with E-state index in [4.69, 9.17) is 4.74 Å². The number of methoxy groups -OCH3 is 1. The lowest BCUT2D eigenvalue weighted by Crippen LogP contribution is -2.28. The second-order valence-electron chi connectivity index (χ2n) is 5.40. The van der Waals surface area contributed by atoms with Gasteiger partial charge in [-0.2, -0.15) is 0 Å². The molecule has 1 unspecified atom stereocenters. The number of benzene rings is 1. The number of hydrogen-bond acceptors (Lipinski definition) is 2. The maximum Gasteiger partial charge on any atom is 0.0587 e. The van der Waals surface area contributed by atoms with Crippen LogP contribution >= 0.6 is 15.9 Å². The van der Waals surface area contributed by atoms with Crippen LogP contribution in [0.5, 0.6) is 0 Å². The van der Waals surface area contributed by atoms with Gasteiger partial charge in [-0.25, -0.2) is 0 Å². The van der Waals surface area contributed by atoms with Crippen LogP contribution in [0.3, 0.4) is 0 Å². The molecule has 1 aliphatic rings. The normalized spacial score (nSPS) is 17.8. The third-order valence-corrected chi connectivity index (χ3v) is 4.64. The highest BCUT2D eigenvalue weighted by Crippen LogP contribution is 2.37. The standard InChI is InChI=1S/C16H24BrNO/c1-19-11-10-18-12-16(13-4-2-3-5-13)14-6-8-15(17)9-7-14/h6-9,13,16,18H,2-5,10-12H2,1H3. The van der Waals surface area contributed by atoms with Gasteiger partial charge in [0.25, 0.3) is 0 Å². The van der Waals surface area contributed by atoms with Crippen LogP contribution in [-0.4, -0.2) is 26.8 Å². The fourth-order valence-corrected chi connectivity index (χ4v) is 3.32. The van der Waals surface area contributed by atoms with Crippen molar-refractivity contribution in [1.29, 1.82) is 0 Å². The quantitative estimate of drug-likeness (QED) is 0.766. The Labute approximate surface area is 125 Å². The summed E-state index contributed by atoms with van der Waals surface area (Å²) in [7, 11) is 1.75. The van der Waals surface area contributed by atoms with Gasteiger partial charge in [0.2, 0.25) is 0 Å².